The maximum atomic E-state index is 13.4. The van der Waals surface area contributed by atoms with E-state index in [2.05, 4.69) is 4.98 Å². The molecule has 0 atom stereocenters. The number of amides is 1. The number of rotatable bonds is 7. The van der Waals surface area contributed by atoms with Crippen LogP contribution in [0.3, 0.4) is 0 Å². The lowest BCUT2D eigenvalue weighted by molar-refractivity contribution is -0.107. The summed E-state index contributed by atoms with van der Waals surface area (Å²) < 4.78 is 6.97. The fraction of sp³-hybridized carbons (Fsp3) is 0.417. The van der Waals surface area contributed by atoms with Gasteiger partial charge >= 0.3 is 6.09 Å². The molecule has 35 heavy (non-hydrogen) atoms. The molecule has 188 valence electrons. The zero-order valence-electron chi connectivity index (χ0n) is 20.4. The van der Waals surface area contributed by atoms with Crippen LogP contribution in [-0.4, -0.2) is 58.6 Å². The van der Waals surface area contributed by atoms with Crippen molar-refractivity contribution in [2.45, 2.75) is 39.2 Å². The minimum atomic E-state index is -0.576. The fourth-order valence-corrected chi connectivity index (χ4v) is 3.64. The van der Waals surface area contributed by atoms with Crippen molar-refractivity contribution in [1.29, 1.82) is 0 Å². The summed E-state index contributed by atoms with van der Waals surface area (Å²) in [6.07, 6.45) is 5.65. The number of carbonyl (C=O) groups is 2. The zero-order valence-corrected chi connectivity index (χ0v) is 20.4. The van der Waals surface area contributed by atoms with Crippen LogP contribution in [0.4, 0.5) is 16.3 Å². The predicted molar refractivity (Wildman–Crippen MR) is 134 cm³/mol. The van der Waals surface area contributed by atoms with E-state index in [-0.39, 0.29) is 17.5 Å². The molecule has 0 aliphatic carbocycles. The lowest BCUT2D eigenvalue weighted by atomic mass is 10.2. The molecule has 0 radical (unpaired) electrons. The third-order valence-corrected chi connectivity index (χ3v) is 5.36. The summed E-state index contributed by atoms with van der Waals surface area (Å²) in [6, 6.07) is 7.09. The van der Waals surface area contributed by atoms with Gasteiger partial charge in [0, 0.05) is 56.9 Å². The smallest absolute Gasteiger partial charge is 0.410 e. The van der Waals surface area contributed by atoms with Crippen LogP contribution in [0.25, 0.3) is 5.69 Å². The van der Waals surface area contributed by atoms with Gasteiger partial charge in [0.15, 0.2) is 5.82 Å². The first-order valence-electron chi connectivity index (χ1n) is 11.4. The second-order valence-electron chi connectivity index (χ2n) is 9.16. The van der Waals surface area contributed by atoms with E-state index in [9.17, 15) is 14.4 Å². The van der Waals surface area contributed by atoms with E-state index < -0.39 is 5.60 Å². The van der Waals surface area contributed by atoms with Gasteiger partial charge in [0.2, 0.25) is 0 Å². The standard InChI is InChI=1S/C24H33N7O4/c1-24(2,3)35-23(34)29-14-12-28(13-15-29)21-22(33)30(17-18(27-21)5-4-16-32)19-6-8-20(9-7-19)31(26)11-10-25/h6-11,16-17H,4-5,12-15,25-26H2,1-3H3/b11-10-. The number of piperazine rings is 1. The van der Waals surface area contributed by atoms with Gasteiger partial charge in [-0.15, -0.1) is 0 Å². The Labute approximate surface area is 204 Å². The van der Waals surface area contributed by atoms with Crippen LogP contribution in [-0.2, 0) is 16.0 Å². The zero-order chi connectivity index (χ0) is 25.6. The molecule has 0 saturated carbocycles. The van der Waals surface area contributed by atoms with Crippen molar-refractivity contribution in [1.82, 2.24) is 14.5 Å². The SMILES string of the molecule is CC(C)(C)OC(=O)N1CCN(c2nc(CCC=O)cn(-c3ccc(N(N)/C=C\N)cc3)c2=O)CC1. The molecular formula is C24H33N7O4. The molecule has 1 aliphatic heterocycles. The maximum Gasteiger partial charge on any atom is 0.410 e. The van der Waals surface area contributed by atoms with E-state index >= 15 is 0 Å². The van der Waals surface area contributed by atoms with Crippen LogP contribution in [0.2, 0.25) is 0 Å². The van der Waals surface area contributed by atoms with Crippen LogP contribution in [0, 0.1) is 0 Å². The first kappa shape index (κ1) is 25.8. The van der Waals surface area contributed by atoms with Gasteiger partial charge in [0.05, 0.1) is 11.4 Å². The number of aryl methyl sites for hydroxylation is 1. The summed E-state index contributed by atoms with van der Waals surface area (Å²) >= 11 is 0. The largest absolute Gasteiger partial charge is 0.444 e. The molecule has 2 heterocycles. The Hall–Kier alpha value is -3.86. The molecule has 11 nitrogen and oxygen atoms in total. The number of aldehydes is 1. The monoisotopic (exact) mass is 483 g/mol. The van der Waals surface area contributed by atoms with Crippen molar-refractivity contribution in [3.05, 3.63) is 58.9 Å². The second-order valence-corrected chi connectivity index (χ2v) is 9.16. The molecule has 0 unspecified atom stereocenters. The third kappa shape index (κ3) is 6.60. The van der Waals surface area contributed by atoms with Gasteiger partial charge in [-0.2, -0.15) is 0 Å². The number of aromatic nitrogens is 2. The van der Waals surface area contributed by atoms with Gasteiger partial charge in [0.25, 0.3) is 5.56 Å². The normalized spacial score (nSPS) is 14.3. The highest BCUT2D eigenvalue weighted by Gasteiger charge is 2.28. The molecular weight excluding hydrogens is 450 g/mol. The van der Waals surface area contributed by atoms with Crippen LogP contribution in [0.5, 0.6) is 0 Å². The molecule has 1 aromatic heterocycles. The number of carbonyl (C=O) groups excluding carboxylic acids is 2. The Morgan fingerprint density at radius 1 is 1.17 bits per heavy atom. The summed E-state index contributed by atoms with van der Waals surface area (Å²) in [7, 11) is 0. The van der Waals surface area contributed by atoms with Crippen LogP contribution in [0.1, 0.15) is 32.9 Å². The summed E-state index contributed by atoms with van der Waals surface area (Å²) in [5.74, 6) is 6.19. The first-order valence-corrected chi connectivity index (χ1v) is 11.4. The molecule has 2 aromatic rings. The Kier molecular flexibility index (Phi) is 8.13. The Morgan fingerprint density at radius 2 is 1.83 bits per heavy atom. The van der Waals surface area contributed by atoms with E-state index in [4.69, 9.17) is 16.3 Å². The minimum absolute atomic E-state index is 0.285. The highest BCUT2D eigenvalue weighted by atomic mass is 16.6. The van der Waals surface area contributed by atoms with E-state index in [1.807, 2.05) is 25.7 Å². The van der Waals surface area contributed by atoms with E-state index in [1.54, 1.807) is 35.4 Å². The summed E-state index contributed by atoms with van der Waals surface area (Å²) in [5, 5.41) is 1.37. The number of hydrogen-bond acceptors (Lipinski definition) is 9. The van der Waals surface area contributed by atoms with Gasteiger partial charge in [-0.05, 0) is 51.5 Å². The lowest BCUT2D eigenvalue weighted by Crippen LogP contribution is -2.51. The number of anilines is 2. The highest BCUT2D eigenvalue weighted by Crippen LogP contribution is 2.18. The quantitative estimate of drug-likeness (QED) is 0.341. The van der Waals surface area contributed by atoms with Crippen LogP contribution < -0.4 is 27.0 Å². The number of benzene rings is 1. The topological polar surface area (TPSA) is 140 Å². The van der Waals surface area contributed by atoms with Crippen LogP contribution in [0.15, 0.2) is 47.7 Å². The average molecular weight is 484 g/mol. The van der Waals surface area contributed by atoms with Gasteiger partial charge in [0.1, 0.15) is 11.9 Å². The molecule has 4 N–H and O–H groups in total. The summed E-state index contributed by atoms with van der Waals surface area (Å²) in [5.41, 5.74) is 6.47. The molecule has 3 rings (SSSR count). The van der Waals surface area contributed by atoms with Gasteiger partial charge in [-0.1, -0.05) is 0 Å². The number of nitrogens with two attached hydrogens (primary N) is 2. The van der Waals surface area contributed by atoms with Gasteiger partial charge in [-0.3, -0.25) is 14.4 Å². The van der Waals surface area contributed by atoms with Crippen LogP contribution >= 0.6 is 0 Å². The predicted octanol–water partition coefficient (Wildman–Crippen LogP) is 1.53. The number of ether oxygens (including phenoxy) is 1. The van der Waals surface area contributed by atoms with E-state index in [0.29, 0.717) is 56.1 Å². The number of hydrazine groups is 1. The van der Waals surface area contributed by atoms with Crippen molar-refractivity contribution in [3.8, 4) is 5.69 Å². The van der Waals surface area contributed by atoms with E-state index in [0.717, 1.165) is 6.29 Å². The number of hydrogen-bond donors (Lipinski definition) is 2. The molecule has 11 heteroatoms. The molecule has 0 bridgehead atoms. The van der Waals surface area contributed by atoms with E-state index in [1.165, 1.54) is 22.0 Å². The Balaban J connectivity index is 1.87. The second kappa shape index (κ2) is 11.0. The molecule has 1 aromatic carbocycles. The van der Waals surface area contributed by atoms with Gasteiger partial charge < -0.3 is 25.1 Å². The number of nitrogens with zero attached hydrogens (tertiary/aromatic N) is 5. The average Bonchev–Trinajstić information content (AvgIpc) is 2.82. The minimum Gasteiger partial charge on any atom is -0.444 e. The Bertz CT molecular complexity index is 1110. The first-order chi connectivity index (χ1) is 16.6. The fourth-order valence-electron chi connectivity index (χ4n) is 3.64. The maximum absolute atomic E-state index is 13.4. The summed E-state index contributed by atoms with van der Waals surface area (Å²) in [6.45, 7) is 7.16. The molecule has 1 amide bonds. The van der Waals surface area contributed by atoms with Crippen molar-refractivity contribution in [2.75, 3.05) is 36.1 Å². The molecule has 0 spiro atoms. The van der Waals surface area contributed by atoms with Crippen molar-refractivity contribution >= 4 is 23.9 Å². The molecule has 1 fully saturated rings. The lowest BCUT2D eigenvalue weighted by Gasteiger charge is -2.36. The highest BCUT2D eigenvalue weighted by molar-refractivity contribution is 5.68. The van der Waals surface area contributed by atoms with Crippen molar-refractivity contribution < 1.29 is 14.3 Å². The Morgan fingerprint density at radius 3 is 2.40 bits per heavy atom. The van der Waals surface area contributed by atoms with Crippen molar-refractivity contribution in [3.63, 3.8) is 0 Å². The summed E-state index contributed by atoms with van der Waals surface area (Å²) in [4.78, 5) is 44.9. The van der Waals surface area contributed by atoms with Crippen molar-refractivity contribution in [2.24, 2.45) is 11.6 Å². The molecule has 1 aliphatic rings. The van der Waals surface area contributed by atoms with Gasteiger partial charge in [-0.25, -0.2) is 15.6 Å². The molecule has 1 saturated heterocycles. The third-order valence-electron chi connectivity index (χ3n) is 5.36.